The fourth-order valence-electron chi connectivity index (χ4n) is 1.56. The SMILES string of the molecule is N=C(N)Cc1ccc(OCc2ccccn2)cc1. The number of hydrogen-bond donors (Lipinski definition) is 2. The first-order valence-electron chi connectivity index (χ1n) is 5.68. The Morgan fingerprint density at radius 3 is 2.56 bits per heavy atom. The molecule has 1 aromatic carbocycles. The molecule has 0 atom stereocenters. The molecule has 0 aliphatic carbocycles. The monoisotopic (exact) mass is 241 g/mol. The van der Waals surface area contributed by atoms with E-state index in [1.807, 2.05) is 42.5 Å². The van der Waals surface area contributed by atoms with E-state index in [0.29, 0.717) is 13.0 Å². The standard InChI is InChI=1S/C14H15N3O/c15-14(16)9-11-4-6-13(7-5-11)18-10-12-3-1-2-8-17-12/h1-8H,9-10H2,(H3,15,16). The molecule has 0 radical (unpaired) electrons. The van der Waals surface area contributed by atoms with Gasteiger partial charge in [-0.3, -0.25) is 10.4 Å². The summed E-state index contributed by atoms with van der Waals surface area (Å²) in [4.78, 5) is 4.18. The lowest BCUT2D eigenvalue weighted by Gasteiger charge is -2.06. The van der Waals surface area contributed by atoms with E-state index in [1.54, 1.807) is 6.20 Å². The summed E-state index contributed by atoms with van der Waals surface area (Å²) >= 11 is 0. The summed E-state index contributed by atoms with van der Waals surface area (Å²) in [5.41, 5.74) is 7.24. The van der Waals surface area contributed by atoms with Crippen molar-refractivity contribution >= 4 is 5.84 Å². The predicted octanol–water partition coefficient (Wildman–Crippen LogP) is 2.14. The number of nitrogens with zero attached hydrogens (tertiary/aromatic N) is 1. The van der Waals surface area contributed by atoms with Crippen LogP contribution < -0.4 is 10.5 Å². The Kier molecular flexibility index (Phi) is 3.91. The average Bonchev–Trinajstić information content (AvgIpc) is 2.38. The number of hydrogen-bond acceptors (Lipinski definition) is 3. The van der Waals surface area contributed by atoms with Gasteiger partial charge in [-0.15, -0.1) is 0 Å². The van der Waals surface area contributed by atoms with Gasteiger partial charge in [-0.2, -0.15) is 0 Å². The predicted molar refractivity (Wildman–Crippen MR) is 70.6 cm³/mol. The van der Waals surface area contributed by atoms with Gasteiger partial charge in [0.05, 0.1) is 11.5 Å². The highest BCUT2D eigenvalue weighted by atomic mass is 16.5. The molecule has 0 saturated carbocycles. The molecule has 2 rings (SSSR count). The van der Waals surface area contributed by atoms with Crippen LogP contribution in [0.3, 0.4) is 0 Å². The summed E-state index contributed by atoms with van der Waals surface area (Å²) in [6.07, 6.45) is 2.22. The molecule has 0 amide bonds. The Morgan fingerprint density at radius 2 is 1.94 bits per heavy atom. The maximum Gasteiger partial charge on any atom is 0.130 e. The molecule has 0 fully saturated rings. The third kappa shape index (κ3) is 3.59. The number of rotatable bonds is 5. The molecular formula is C14H15N3O. The summed E-state index contributed by atoms with van der Waals surface area (Å²) in [5.74, 6) is 0.949. The summed E-state index contributed by atoms with van der Waals surface area (Å²) < 4.78 is 5.60. The highest BCUT2D eigenvalue weighted by molar-refractivity contribution is 5.79. The second-order valence-corrected chi connectivity index (χ2v) is 3.96. The van der Waals surface area contributed by atoms with Gasteiger partial charge in [-0.05, 0) is 29.8 Å². The quantitative estimate of drug-likeness (QED) is 0.622. The third-order valence-electron chi connectivity index (χ3n) is 2.43. The second-order valence-electron chi connectivity index (χ2n) is 3.96. The highest BCUT2D eigenvalue weighted by Gasteiger charge is 1.98. The van der Waals surface area contributed by atoms with Crippen molar-refractivity contribution in [1.29, 1.82) is 5.41 Å². The van der Waals surface area contributed by atoms with Crippen molar-refractivity contribution in [2.45, 2.75) is 13.0 Å². The fraction of sp³-hybridized carbons (Fsp3) is 0.143. The zero-order valence-electron chi connectivity index (χ0n) is 9.97. The first kappa shape index (κ1) is 12.1. The van der Waals surface area contributed by atoms with Crippen LogP contribution in [-0.2, 0) is 13.0 Å². The van der Waals surface area contributed by atoms with E-state index in [2.05, 4.69) is 4.98 Å². The Bertz CT molecular complexity index is 508. The number of nitrogens with one attached hydrogen (secondary N) is 1. The number of pyridine rings is 1. The summed E-state index contributed by atoms with van der Waals surface area (Å²) in [5, 5.41) is 7.22. The van der Waals surface area contributed by atoms with Crippen molar-refractivity contribution in [2.24, 2.45) is 5.73 Å². The molecule has 3 N–H and O–H groups in total. The van der Waals surface area contributed by atoms with Crippen LogP contribution in [0.1, 0.15) is 11.3 Å². The number of amidine groups is 1. The van der Waals surface area contributed by atoms with Gasteiger partial charge in [0.2, 0.25) is 0 Å². The fourth-order valence-corrected chi connectivity index (χ4v) is 1.56. The minimum atomic E-state index is 0.164. The van der Waals surface area contributed by atoms with Crippen LogP contribution in [-0.4, -0.2) is 10.8 Å². The first-order chi connectivity index (χ1) is 8.74. The molecule has 0 bridgehead atoms. The van der Waals surface area contributed by atoms with Crippen LogP contribution in [0.15, 0.2) is 48.7 Å². The van der Waals surface area contributed by atoms with Gasteiger partial charge in [-0.25, -0.2) is 0 Å². The molecule has 2 aromatic rings. The molecule has 0 unspecified atom stereocenters. The van der Waals surface area contributed by atoms with Gasteiger partial charge in [0.25, 0.3) is 0 Å². The number of aromatic nitrogens is 1. The smallest absolute Gasteiger partial charge is 0.130 e. The van der Waals surface area contributed by atoms with Crippen LogP contribution in [0.5, 0.6) is 5.75 Å². The highest BCUT2D eigenvalue weighted by Crippen LogP contribution is 2.13. The van der Waals surface area contributed by atoms with Crippen LogP contribution in [0.2, 0.25) is 0 Å². The van der Waals surface area contributed by atoms with E-state index >= 15 is 0 Å². The molecule has 0 spiro atoms. The topological polar surface area (TPSA) is 72.0 Å². The van der Waals surface area contributed by atoms with Gasteiger partial charge < -0.3 is 10.5 Å². The average molecular weight is 241 g/mol. The maximum absolute atomic E-state index is 7.22. The van der Waals surface area contributed by atoms with Crippen LogP contribution >= 0.6 is 0 Å². The summed E-state index contributed by atoms with van der Waals surface area (Å²) in [6.45, 7) is 0.451. The Morgan fingerprint density at radius 1 is 1.17 bits per heavy atom. The lowest BCUT2D eigenvalue weighted by atomic mass is 10.1. The van der Waals surface area contributed by atoms with Crippen molar-refractivity contribution in [3.63, 3.8) is 0 Å². The minimum Gasteiger partial charge on any atom is -0.487 e. The van der Waals surface area contributed by atoms with Crippen molar-refractivity contribution in [2.75, 3.05) is 0 Å². The zero-order valence-corrected chi connectivity index (χ0v) is 9.97. The molecule has 92 valence electrons. The van der Waals surface area contributed by atoms with E-state index in [4.69, 9.17) is 15.9 Å². The van der Waals surface area contributed by atoms with E-state index < -0.39 is 0 Å². The van der Waals surface area contributed by atoms with Gasteiger partial charge in [0.1, 0.15) is 12.4 Å². The van der Waals surface area contributed by atoms with E-state index in [9.17, 15) is 0 Å². The molecule has 0 aliphatic rings. The van der Waals surface area contributed by atoms with E-state index in [-0.39, 0.29) is 5.84 Å². The summed E-state index contributed by atoms with van der Waals surface area (Å²) in [6, 6.07) is 13.3. The normalized spacial score (nSPS) is 10.0. The summed E-state index contributed by atoms with van der Waals surface area (Å²) in [7, 11) is 0. The lowest BCUT2D eigenvalue weighted by molar-refractivity contribution is 0.301. The van der Waals surface area contributed by atoms with Crippen molar-refractivity contribution < 1.29 is 4.74 Å². The van der Waals surface area contributed by atoms with E-state index in [1.165, 1.54) is 0 Å². The molecule has 0 aliphatic heterocycles. The van der Waals surface area contributed by atoms with Gasteiger partial charge >= 0.3 is 0 Å². The minimum absolute atomic E-state index is 0.164. The Hall–Kier alpha value is -2.36. The van der Waals surface area contributed by atoms with E-state index in [0.717, 1.165) is 17.0 Å². The second kappa shape index (κ2) is 5.82. The third-order valence-corrected chi connectivity index (χ3v) is 2.43. The molecule has 4 nitrogen and oxygen atoms in total. The van der Waals surface area contributed by atoms with Gasteiger partial charge in [0.15, 0.2) is 0 Å². The van der Waals surface area contributed by atoms with Gasteiger partial charge in [0, 0.05) is 12.6 Å². The molecule has 4 heteroatoms. The Balaban J connectivity index is 1.92. The van der Waals surface area contributed by atoms with Crippen molar-refractivity contribution in [1.82, 2.24) is 4.98 Å². The number of ether oxygens (including phenoxy) is 1. The molecular weight excluding hydrogens is 226 g/mol. The van der Waals surface area contributed by atoms with Crippen molar-refractivity contribution in [3.05, 3.63) is 59.9 Å². The molecule has 0 saturated heterocycles. The maximum atomic E-state index is 7.22. The molecule has 18 heavy (non-hydrogen) atoms. The van der Waals surface area contributed by atoms with Gasteiger partial charge in [-0.1, -0.05) is 18.2 Å². The van der Waals surface area contributed by atoms with Crippen LogP contribution in [0.4, 0.5) is 0 Å². The van der Waals surface area contributed by atoms with Crippen LogP contribution in [0.25, 0.3) is 0 Å². The zero-order chi connectivity index (χ0) is 12.8. The largest absolute Gasteiger partial charge is 0.487 e. The molecule has 1 aromatic heterocycles. The Labute approximate surface area is 106 Å². The lowest BCUT2D eigenvalue weighted by Crippen LogP contribution is -2.12. The van der Waals surface area contributed by atoms with Crippen LogP contribution in [0, 0.1) is 5.41 Å². The first-order valence-corrected chi connectivity index (χ1v) is 5.68. The number of nitrogens with two attached hydrogens (primary N) is 1. The van der Waals surface area contributed by atoms with Crippen molar-refractivity contribution in [3.8, 4) is 5.75 Å². The molecule has 1 heterocycles. The number of benzene rings is 1.